The number of benzene rings is 2. The van der Waals surface area contributed by atoms with Crippen molar-refractivity contribution in [2.45, 2.75) is 6.92 Å². The number of ether oxygens (including phenoxy) is 1. The van der Waals surface area contributed by atoms with E-state index in [0.29, 0.717) is 0 Å². The molecule has 3 rings (SSSR count). The SMILES string of the molecule is COc1ccc(-n2ncc3c(NC(C)=O)cccc32)cc1. The molecule has 0 radical (unpaired) electrons. The van der Waals surface area contributed by atoms with Crippen molar-refractivity contribution in [2.75, 3.05) is 12.4 Å². The molecular weight excluding hydrogens is 266 g/mol. The average molecular weight is 281 g/mol. The number of amides is 1. The molecule has 0 spiro atoms. The largest absolute Gasteiger partial charge is 0.497 e. The molecule has 0 saturated carbocycles. The Kier molecular flexibility index (Phi) is 3.31. The minimum atomic E-state index is -0.0975. The van der Waals surface area contributed by atoms with E-state index in [1.54, 1.807) is 13.3 Å². The monoisotopic (exact) mass is 281 g/mol. The first kappa shape index (κ1) is 13.2. The number of fused-ring (bicyclic) bond motifs is 1. The van der Waals surface area contributed by atoms with Gasteiger partial charge in [0, 0.05) is 12.3 Å². The van der Waals surface area contributed by atoms with Crippen molar-refractivity contribution in [1.29, 1.82) is 0 Å². The maximum absolute atomic E-state index is 11.3. The van der Waals surface area contributed by atoms with Gasteiger partial charge in [-0.25, -0.2) is 4.68 Å². The van der Waals surface area contributed by atoms with Gasteiger partial charge in [-0.05, 0) is 36.4 Å². The molecule has 1 heterocycles. The first-order valence-corrected chi connectivity index (χ1v) is 6.58. The van der Waals surface area contributed by atoms with E-state index in [1.165, 1.54) is 6.92 Å². The van der Waals surface area contributed by atoms with Gasteiger partial charge in [-0.3, -0.25) is 4.79 Å². The van der Waals surface area contributed by atoms with Gasteiger partial charge in [0.25, 0.3) is 0 Å². The summed E-state index contributed by atoms with van der Waals surface area (Å²) in [6, 6.07) is 13.4. The fourth-order valence-corrected chi connectivity index (χ4v) is 2.28. The molecule has 0 atom stereocenters. The Morgan fingerprint density at radius 3 is 2.62 bits per heavy atom. The number of hydrogen-bond donors (Lipinski definition) is 1. The zero-order valence-electron chi connectivity index (χ0n) is 11.8. The predicted octanol–water partition coefficient (Wildman–Crippen LogP) is 2.99. The van der Waals surface area contributed by atoms with Gasteiger partial charge in [0.2, 0.25) is 5.91 Å². The van der Waals surface area contributed by atoms with Gasteiger partial charge in [0.05, 0.1) is 30.2 Å². The van der Waals surface area contributed by atoms with Gasteiger partial charge in [0.15, 0.2) is 0 Å². The van der Waals surface area contributed by atoms with Crippen LogP contribution in [0.3, 0.4) is 0 Å². The quantitative estimate of drug-likeness (QED) is 0.803. The van der Waals surface area contributed by atoms with Crippen molar-refractivity contribution in [3.05, 3.63) is 48.7 Å². The van der Waals surface area contributed by atoms with Crippen LogP contribution in [0.15, 0.2) is 48.7 Å². The molecule has 1 aromatic heterocycles. The summed E-state index contributed by atoms with van der Waals surface area (Å²) in [7, 11) is 1.64. The summed E-state index contributed by atoms with van der Waals surface area (Å²) in [4.78, 5) is 11.3. The highest BCUT2D eigenvalue weighted by Crippen LogP contribution is 2.26. The van der Waals surface area contributed by atoms with Crippen LogP contribution in [0.25, 0.3) is 16.6 Å². The van der Waals surface area contributed by atoms with Crippen LogP contribution in [0, 0.1) is 0 Å². The number of nitrogens with one attached hydrogen (secondary N) is 1. The van der Waals surface area contributed by atoms with Crippen LogP contribution in [0.1, 0.15) is 6.92 Å². The summed E-state index contributed by atoms with van der Waals surface area (Å²) in [5, 5.41) is 8.14. The molecule has 3 aromatic rings. The lowest BCUT2D eigenvalue weighted by atomic mass is 10.2. The highest BCUT2D eigenvalue weighted by atomic mass is 16.5. The summed E-state index contributed by atoms with van der Waals surface area (Å²) in [6.45, 7) is 1.49. The van der Waals surface area contributed by atoms with Crippen LogP contribution < -0.4 is 10.1 Å². The Morgan fingerprint density at radius 2 is 1.95 bits per heavy atom. The van der Waals surface area contributed by atoms with E-state index < -0.39 is 0 Å². The van der Waals surface area contributed by atoms with E-state index in [0.717, 1.165) is 28.0 Å². The van der Waals surface area contributed by atoms with Crippen molar-refractivity contribution < 1.29 is 9.53 Å². The highest BCUT2D eigenvalue weighted by Gasteiger charge is 2.09. The third-order valence-corrected chi connectivity index (χ3v) is 3.24. The topological polar surface area (TPSA) is 56.1 Å². The van der Waals surface area contributed by atoms with Gasteiger partial charge in [-0.15, -0.1) is 0 Å². The van der Waals surface area contributed by atoms with E-state index in [-0.39, 0.29) is 5.91 Å². The standard InChI is InChI=1S/C16H15N3O2/c1-11(20)18-15-4-3-5-16-14(15)10-17-19(16)12-6-8-13(21-2)9-7-12/h3-10H,1-2H3,(H,18,20). The molecule has 0 unspecified atom stereocenters. The molecular formula is C16H15N3O2. The second-order valence-electron chi connectivity index (χ2n) is 4.67. The third-order valence-electron chi connectivity index (χ3n) is 3.24. The molecule has 0 fully saturated rings. The van der Waals surface area contributed by atoms with Gasteiger partial charge >= 0.3 is 0 Å². The molecule has 0 aliphatic rings. The molecule has 106 valence electrons. The maximum Gasteiger partial charge on any atom is 0.221 e. The van der Waals surface area contributed by atoms with Gasteiger partial charge in [0.1, 0.15) is 5.75 Å². The van der Waals surface area contributed by atoms with Gasteiger partial charge < -0.3 is 10.1 Å². The Balaban J connectivity index is 2.09. The first-order valence-electron chi connectivity index (χ1n) is 6.58. The highest BCUT2D eigenvalue weighted by molar-refractivity contribution is 6.00. The summed E-state index contributed by atoms with van der Waals surface area (Å²) in [6.07, 6.45) is 1.75. The van der Waals surface area contributed by atoms with E-state index in [4.69, 9.17) is 4.74 Å². The van der Waals surface area contributed by atoms with Crippen molar-refractivity contribution in [1.82, 2.24) is 9.78 Å². The molecule has 1 N–H and O–H groups in total. The molecule has 0 bridgehead atoms. The predicted molar refractivity (Wildman–Crippen MR) is 81.9 cm³/mol. The number of hydrogen-bond acceptors (Lipinski definition) is 3. The lowest BCUT2D eigenvalue weighted by molar-refractivity contribution is -0.114. The van der Waals surface area contributed by atoms with Crippen molar-refractivity contribution in [3.8, 4) is 11.4 Å². The third kappa shape index (κ3) is 2.45. The second kappa shape index (κ2) is 5.28. The minimum absolute atomic E-state index is 0.0975. The molecule has 0 saturated heterocycles. The van der Waals surface area contributed by atoms with Crippen LogP contribution in [0.2, 0.25) is 0 Å². The Bertz CT molecular complexity index is 791. The summed E-state index contributed by atoms with van der Waals surface area (Å²) in [5.41, 5.74) is 2.64. The van der Waals surface area contributed by atoms with E-state index in [2.05, 4.69) is 10.4 Å². The number of aromatic nitrogens is 2. The van der Waals surface area contributed by atoms with Crippen LogP contribution >= 0.6 is 0 Å². The Labute approximate surface area is 122 Å². The molecule has 5 heteroatoms. The molecule has 0 aliphatic carbocycles. The summed E-state index contributed by atoms with van der Waals surface area (Å²) >= 11 is 0. The van der Waals surface area contributed by atoms with Crippen LogP contribution in [-0.4, -0.2) is 22.8 Å². The zero-order chi connectivity index (χ0) is 14.8. The normalized spacial score (nSPS) is 10.6. The number of carbonyl (C=O) groups is 1. The lowest BCUT2D eigenvalue weighted by Crippen LogP contribution is -2.05. The lowest BCUT2D eigenvalue weighted by Gasteiger charge is -2.07. The molecule has 1 amide bonds. The molecule has 0 aliphatic heterocycles. The average Bonchev–Trinajstić information content (AvgIpc) is 2.92. The van der Waals surface area contributed by atoms with Gasteiger partial charge in [-0.1, -0.05) is 6.07 Å². The molecule has 2 aromatic carbocycles. The minimum Gasteiger partial charge on any atom is -0.497 e. The van der Waals surface area contributed by atoms with Gasteiger partial charge in [-0.2, -0.15) is 5.10 Å². The fourth-order valence-electron chi connectivity index (χ4n) is 2.28. The molecule has 5 nitrogen and oxygen atoms in total. The van der Waals surface area contributed by atoms with Crippen molar-refractivity contribution >= 4 is 22.5 Å². The van der Waals surface area contributed by atoms with Crippen LogP contribution in [0.5, 0.6) is 5.75 Å². The zero-order valence-corrected chi connectivity index (χ0v) is 11.8. The van der Waals surface area contributed by atoms with Crippen molar-refractivity contribution in [3.63, 3.8) is 0 Å². The summed E-state index contributed by atoms with van der Waals surface area (Å²) < 4.78 is 6.99. The first-order chi connectivity index (χ1) is 10.2. The maximum atomic E-state index is 11.3. The number of methoxy groups -OCH3 is 1. The smallest absolute Gasteiger partial charge is 0.221 e. The number of anilines is 1. The summed E-state index contributed by atoms with van der Waals surface area (Å²) in [5.74, 6) is 0.703. The number of rotatable bonds is 3. The van der Waals surface area contributed by atoms with E-state index >= 15 is 0 Å². The fraction of sp³-hybridized carbons (Fsp3) is 0.125. The Morgan fingerprint density at radius 1 is 1.19 bits per heavy atom. The van der Waals surface area contributed by atoms with E-state index in [9.17, 15) is 4.79 Å². The van der Waals surface area contributed by atoms with E-state index in [1.807, 2.05) is 47.1 Å². The van der Waals surface area contributed by atoms with Crippen molar-refractivity contribution in [2.24, 2.45) is 0 Å². The number of carbonyl (C=O) groups excluding carboxylic acids is 1. The Hall–Kier alpha value is -2.82. The molecule has 21 heavy (non-hydrogen) atoms. The van der Waals surface area contributed by atoms with Crippen LogP contribution in [0.4, 0.5) is 5.69 Å². The van der Waals surface area contributed by atoms with Crippen LogP contribution in [-0.2, 0) is 4.79 Å². The number of nitrogens with zero attached hydrogens (tertiary/aromatic N) is 2. The second-order valence-corrected chi connectivity index (χ2v) is 4.67.